The van der Waals surface area contributed by atoms with Gasteiger partial charge in [0.25, 0.3) is 0 Å². The van der Waals surface area contributed by atoms with Crippen LogP contribution in [0.2, 0.25) is 0 Å². The number of carboxylic acids is 1. The molecule has 1 aliphatic rings. The van der Waals surface area contributed by atoms with Crippen molar-refractivity contribution in [3.8, 4) is 0 Å². The van der Waals surface area contributed by atoms with E-state index in [9.17, 15) is 13.2 Å². The van der Waals surface area contributed by atoms with Crippen LogP contribution in [0.4, 0.5) is 5.69 Å². The van der Waals surface area contributed by atoms with Gasteiger partial charge in [-0.1, -0.05) is 29.8 Å². The van der Waals surface area contributed by atoms with Crippen molar-refractivity contribution >= 4 is 27.4 Å². The van der Waals surface area contributed by atoms with Crippen LogP contribution in [0.25, 0.3) is 0 Å². The number of hydrogen-bond donors (Lipinski definition) is 2. The topological polar surface area (TPSA) is 113 Å². The number of primary sulfonamides is 1. The van der Waals surface area contributed by atoms with Crippen molar-refractivity contribution in [3.05, 3.63) is 59.7 Å². The number of carboxylic acid groups (broad SMARTS) is 1. The molecule has 0 bridgehead atoms. The summed E-state index contributed by atoms with van der Waals surface area (Å²) >= 11 is 0. The molecule has 26 heavy (non-hydrogen) atoms. The Kier molecular flexibility index (Phi) is 4.80. The molecule has 3 rings (SSSR count). The summed E-state index contributed by atoms with van der Waals surface area (Å²) in [6.07, 6.45) is 0.362. The largest absolute Gasteiger partial charge is 0.481 e. The summed E-state index contributed by atoms with van der Waals surface area (Å²) in [6, 6.07) is 13.9. The van der Waals surface area contributed by atoms with E-state index in [0.29, 0.717) is 17.8 Å². The van der Waals surface area contributed by atoms with Crippen LogP contribution in [0.3, 0.4) is 0 Å². The van der Waals surface area contributed by atoms with Gasteiger partial charge in [-0.3, -0.25) is 9.80 Å². The molecule has 136 valence electrons. The van der Waals surface area contributed by atoms with Gasteiger partial charge < -0.3 is 5.11 Å². The summed E-state index contributed by atoms with van der Waals surface area (Å²) in [5, 5.41) is 20.4. The molecule has 0 fully saturated rings. The van der Waals surface area contributed by atoms with Crippen LogP contribution in [0, 0.1) is 6.92 Å². The highest BCUT2D eigenvalue weighted by molar-refractivity contribution is 7.89. The molecule has 0 spiro atoms. The molecule has 3 N–H and O–H groups in total. The monoisotopic (exact) mass is 373 g/mol. The van der Waals surface area contributed by atoms with Gasteiger partial charge in [0.05, 0.1) is 28.8 Å². The molecular weight excluding hydrogens is 354 g/mol. The van der Waals surface area contributed by atoms with Gasteiger partial charge in [0.15, 0.2) is 0 Å². The SMILES string of the molecule is Cc1ccc(C2CC(CC(=O)O)=NN2c2ccc(S(N)(=O)=O)cc2)cc1. The van der Waals surface area contributed by atoms with Gasteiger partial charge in [0.2, 0.25) is 10.0 Å². The number of aliphatic carboxylic acids is 1. The van der Waals surface area contributed by atoms with Crippen molar-refractivity contribution in [1.82, 2.24) is 0 Å². The maximum absolute atomic E-state index is 11.4. The molecule has 1 unspecified atom stereocenters. The molecule has 7 nitrogen and oxygen atoms in total. The summed E-state index contributed by atoms with van der Waals surface area (Å²) in [7, 11) is -3.77. The Bertz CT molecular complexity index is 951. The van der Waals surface area contributed by atoms with Crippen molar-refractivity contribution in [2.75, 3.05) is 5.01 Å². The highest BCUT2D eigenvalue weighted by atomic mass is 32.2. The normalized spacial score (nSPS) is 17.2. The first-order valence-electron chi connectivity index (χ1n) is 8.01. The van der Waals surface area contributed by atoms with Crippen molar-refractivity contribution in [3.63, 3.8) is 0 Å². The van der Waals surface area contributed by atoms with E-state index in [1.165, 1.54) is 12.1 Å². The summed E-state index contributed by atoms with van der Waals surface area (Å²) in [5.74, 6) is -0.933. The number of sulfonamides is 1. The van der Waals surface area contributed by atoms with Crippen LogP contribution >= 0.6 is 0 Å². The van der Waals surface area contributed by atoms with E-state index in [1.54, 1.807) is 17.1 Å². The van der Waals surface area contributed by atoms with Crippen LogP contribution < -0.4 is 10.1 Å². The van der Waals surface area contributed by atoms with Gasteiger partial charge in [0, 0.05) is 6.42 Å². The Morgan fingerprint density at radius 1 is 1.19 bits per heavy atom. The molecule has 0 saturated carbocycles. The first-order valence-corrected chi connectivity index (χ1v) is 9.55. The lowest BCUT2D eigenvalue weighted by molar-refractivity contribution is -0.135. The molecule has 2 aromatic rings. The summed E-state index contributed by atoms with van der Waals surface area (Å²) in [4.78, 5) is 11.1. The number of nitrogens with two attached hydrogens (primary N) is 1. The lowest BCUT2D eigenvalue weighted by atomic mass is 9.99. The van der Waals surface area contributed by atoms with Gasteiger partial charge >= 0.3 is 5.97 Å². The molecular formula is C18H19N3O4S. The number of hydrogen-bond acceptors (Lipinski definition) is 5. The van der Waals surface area contributed by atoms with E-state index >= 15 is 0 Å². The fourth-order valence-corrected chi connectivity index (χ4v) is 3.44. The number of anilines is 1. The molecule has 0 amide bonds. The van der Waals surface area contributed by atoms with E-state index < -0.39 is 16.0 Å². The van der Waals surface area contributed by atoms with Crippen LogP contribution in [-0.2, 0) is 14.8 Å². The highest BCUT2D eigenvalue weighted by Gasteiger charge is 2.30. The highest BCUT2D eigenvalue weighted by Crippen LogP contribution is 2.36. The number of carbonyl (C=O) groups is 1. The summed E-state index contributed by atoms with van der Waals surface area (Å²) < 4.78 is 22.9. The lowest BCUT2D eigenvalue weighted by Gasteiger charge is -2.24. The minimum Gasteiger partial charge on any atom is -0.481 e. The fourth-order valence-electron chi connectivity index (χ4n) is 2.93. The second kappa shape index (κ2) is 6.89. The maximum Gasteiger partial charge on any atom is 0.309 e. The Morgan fingerprint density at radius 3 is 2.35 bits per heavy atom. The van der Waals surface area contributed by atoms with Crippen molar-refractivity contribution < 1.29 is 18.3 Å². The minimum atomic E-state index is -3.77. The van der Waals surface area contributed by atoms with E-state index in [2.05, 4.69) is 5.10 Å². The Morgan fingerprint density at radius 2 is 1.81 bits per heavy atom. The molecule has 0 saturated heterocycles. The van der Waals surface area contributed by atoms with Crippen LogP contribution in [0.5, 0.6) is 0 Å². The zero-order valence-electron chi connectivity index (χ0n) is 14.2. The van der Waals surface area contributed by atoms with Gasteiger partial charge in [-0.2, -0.15) is 5.10 Å². The standard InChI is InChI=1S/C18H19N3O4S/c1-12-2-4-13(5-3-12)17-10-14(11-18(22)23)20-21(17)15-6-8-16(9-7-15)26(19,24)25/h2-9,17H,10-11H2,1H3,(H,22,23)(H2,19,24,25). The van der Waals surface area contributed by atoms with Crippen molar-refractivity contribution in [2.45, 2.75) is 30.7 Å². The van der Waals surface area contributed by atoms with Crippen LogP contribution in [0.1, 0.15) is 30.0 Å². The molecule has 2 aromatic carbocycles. The van der Waals surface area contributed by atoms with Crippen LogP contribution in [-0.4, -0.2) is 25.2 Å². The predicted molar refractivity (Wildman–Crippen MR) is 98.5 cm³/mol. The van der Waals surface area contributed by atoms with Gasteiger partial charge in [-0.15, -0.1) is 0 Å². The molecule has 0 aromatic heterocycles. The number of aryl methyl sites for hydroxylation is 1. The molecule has 1 heterocycles. The second-order valence-corrected chi connectivity index (χ2v) is 7.81. The van der Waals surface area contributed by atoms with Crippen molar-refractivity contribution in [2.24, 2.45) is 10.2 Å². The predicted octanol–water partition coefficient (Wildman–Crippen LogP) is 2.42. The zero-order chi connectivity index (χ0) is 18.9. The average Bonchev–Trinajstić information content (AvgIpc) is 2.98. The lowest BCUT2D eigenvalue weighted by Crippen LogP contribution is -2.19. The summed E-state index contributed by atoms with van der Waals surface area (Å²) in [5.41, 5.74) is 3.37. The van der Waals surface area contributed by atoms with Gasteiger partial charge in [-0.25, -0.2) is 13.6 Å². The van der Waals surface area contributed by atoms with E-state index in [4.69, 9.17) is 10.2 Å². The molecule has 1 aliphatic heterocycles. The third-order valence-corrected chi connectivity index (χ3v) is 5.15. The molecule has 0 radical (unpaired) electrons. The molecule has 1 atom stereocenters. The second-order valence-electron chi connectivity index (χ2n) is 6.25. The number of rotatable bonds is 5. The third kappa shape index (κ3) is 3.92. The maximum atomic E-state index is 11.4. The number of nitrogens with zero attached hydrogens (tertiary/aromatic N) is 2. The first kappa shape index (κ1) is 18.1. The molecule has 0 aliphatic carbocycles. The van der Waals surface area contributed by atoms with E-state index in [-0.39, 0.29) is 17.4 Å². The number of benzene rings is 2. The van der Waals surface area contributed by atoms with Crippen LogP contribution in [0.15, 0.2) is 58.5 Å². The Labute approximate surface area is 151 Å². The zero-order valence-corrected chi connectivity index (χ0v) is 15.0. The fraction of sp³-hybridized carbons (Fsp3) is 0.222. The Hall–Kier alpha value is -2.71. The quantitative estimate of drug-likeness (QED) is 0.836. The first-order chi connectivity index (χ1) is 12.2. The third-order valence-electron chi connectivity index (χ3n) is 4.22. The Balaban J connectivity index is 1.97. The number of hydrazone groups is 1. The van der Waals surface area contributed by atoms with Crippen molar-refractivity contribution in [1.29, 1.82) is 0 Å². The molecule has 8 heteroatoms. The van der Waals surface area contributed by atoms with Gasteiger partial charge in [0.1, 0.15) is 0 Å². The van der Waals surface area contributed by atoms with E-state index in [0.717, 1.165) is 11.1 Å². The summed E-state index contributed by atoms with van der Waals surface area (Å²) in [6.45, 7) is 1.99. The minimum absolute atomic E-state index is 0.0158. The van der Waals surface area contributed by atoms with E-state index in [1.807, 2.05) is 31.2 Å². The van der Waals surface area contributed by atoms with Gasteiger partial charge in [-0.05, 0) is 36.8 Å². The smallest absolute Gasteiger partial charge is 0.309 e. The average molecular weight is 373 g/mol.